The monoisotopic (exact) mass is 204 g/mol. The van der Waals surface area contributed by atoms with E-state index in [1.54, 1.807) is 0 Å². The van der Waals surface area contributed by atoms with Crippen molar-refractivity contribution in [3.8, 4) is 17.1 Å². The zero-order valence-electron chi connectivity index (χ0n) is 8.64. The minimum absolute atomic E-state index is 0.123. The molecule has 0 unspecified atom stereocenters. The second-order valence-corrected chi connectivity index (χ2v) is 3.40. The van der Waals surface area contributed by atoms with Gasteiger partial charge in [-0.25, -0.2) is 0 Å². The highest BCUT2D eigenvalue weighted by Gasteiger charge is 2.10. The second kappa shape index (κ2) is 4.08. The van der Waals surface area contributed by atoms with Crippen LogP contribution in [-0.4, -0.2) is 26.7 Å². The van der Waals surface area contributed by atoms with Crippen molar-refractivity contribution >= 4 is 0 Å². The summed E-state index contributed by atoms with van der Waals surface area (Å²) in [5.41, 5.74) is 0.847. The Hall–Kier alpha value is -1.91. The Balaban J connectivity index is 2.38. The molecule has 0 aliphatic heterocycles. The third kappa shape index (κ3) is 2.12. The fourth-order valence-corrected chi connectivity index (χ4v) is 1.28. The van der Waals surface area contributed by atoms with Crippen LogP contribution in [0, 0.1) is 0 Å². The van der Waals surface area contributed by atoms with E-state index in [1.807, 2.05) is 38.1 Å². The van der Waals surface area contributed by atoms with Gasteiger partial charge in [0.15, 0.2) is 0 Å². The molecule has 78 valence electrons. The normalized spacial score (nSPS) is 10.6. The number of nitrogens with one attached hydrogen (secondary N) is 1. The van der Waals surface area contributed by atoms with Gasteiger partial charge in [0.05, 0.1) is 11.7 Å². The van der Waals surface area contributed by atoms with Gasteiger partial charge in [-0.2, -0.15) is 5.21 Å². The molecular weight excluding hydrogens is 192 g/mol. The van der Waals surface area contributed by atoms with Gasteiger partial charge < -0.3 is 4.74 Å². The second-order valence-electron chi connectivity index (χ2n) is 3.40. The third-order valence-corrected chi connectivity index (χ3v) is 1.84. The predicted molar refractivity (Wildman–Crippen MR) is 55.4 cm³/mol. The molecule has 1 aromatic carbocycles. The van der Waals surface area contributed by atoms with E-state index in [4.69, 9.17) is 4.74 Å². The third-order valence-electron chi connectivity index (χ3n) is 1.84. The summed E-state index contributed by atoms with van der Waals surface area (Å²) in [5.74, 6) is 1.32. The molecule has 0 saturated heterocycles. The number of tetrazole rings is 1. The van der Waals surface area contributed by atoms with E-state index in [2.05, 4.69) is 20.6 Å². The highest BCUT2D eigenvalue weighted by Crippen LogP contribution is 2.26. The van der Waals surface area contributed by atoms with Gasteiger partial charge in [0.2, 0.25) is 5.82 Å². The first-order chi connectivity index (χ1) is 7.27. The van der Waals surface area contributed by atoms with E-state index < -0.39 is 0 Å². The highest BCUT2D eigenvalue weighted by atomic mass is 16.5. The zero-order valence-corrected chi connectivity index (χ0v) is 8.64. The Bertz CT molecular complexity index is 425. The lowest BCUT2D eigenvalue weighted by Crippen LogP contribution is -2.06. The van der Waals surface area contributed by atoms with E-state index in [0.29, 0.717) is 5.82 Å². The quantitative estimate of drug-likeness (QED) is 0.825. The van der Waals surface area contributed by atoms with Crippen LogP contribution < -0.4 is 4.74 Å². The number of H-pyrrole nitrogens is 1. The minimum Gasteiger partial charge on any atom is -0.490 e. The molecule has 1 aromatic heterocycles. The van der Waals surface area contributed by atoms with Crippen molar-refractivity contribution in [2.75, 3.05) is 0 Å². The van der Waals surface area contributed by atoms with E-state index in [1.165, 1.54) is 0 Å². The van der Waals surface area contributed by atoms with Crippen LogP contribution in [0.3, 0.4) is 0 Å². The number of para-hydroxylation sites is 1. The van der Waals surface area contributed by atoms with Crippen LogP contribution >= 0.6 is 0 Å². The lowest BCUT2D eigenvalue weighted by Gasteiger charge is -2.11. The Labute approximate surface area is 87.5 Å². The molecule has 0 aliphatic rings. The predicted octanol–water partition coefficient (Wildman–Crippen LogP) is 1.65. The smallest absolute Gasteiger partial charge is 0.208 e. The topological polar surface area (TPSA) is 63.7 Å². The fraction of sp³-hybridized carbons (Fsp3) is 0.300. The molecule has 0 aliphatic carbocycles. The minimum atomic E-state index is 0.123. The summed E-state index contributed by atoms with van der Waals surface area (Å²) in [7, 11) is 0. The van der Waals surface area contributed by atoms with E-state index in [9.17, 15) is 0 Å². The van der Waals surface area contributed by atoms with Crippen LogP contribution in [0.5, 0.6) is 5.75 Å². The molecule has 1 N–H and O–H groups in total. The van der Waals surface area contributed by atoms with Crippen molar-refractivity contribution in [1.82, 2.24) is 20.6 Å². The number of hydrogen-bond donors (Lipinski definition) is 1. The summed E-state index contributed by atoms with van der Waals surface area (Å²) < 4.78 is 5.65. The van der Waals surface area contributed by atoms with Crippen molar-refractivity contribution in [2.24, 2.45) is 0 Å². The number of benzene rings is 1. The largest absolute Gasteiger partial charge is 0.490 e. The molecule has 5 nitrogen and oxygen atoms in total. The summed E-state index contributed by atoms with van der Waals surface area (Å²) in [6, 6.07) is 7.63. The molecule has 2 rings (SSSR count). The summed E-state index contributed by atoms with van der Waals surface area (Å²) in [5, 5.41) is 13.8. The van der Waals surface area contributed by atoms with Gasteiger partial charge in [-0.05, 0) is 31.2 Å². The maximum absolute atomic E-state index is 5.65. The lowest BCUT2D eigenvalue weighted by atomic mass is 10.2. The van der Waals surface area contributed by atoms with E-state index in [-0.39, 0.29) is 6.10 Å². The summed E-state index contributed by atoms with van der Waals surface area (Å²) in [6.45, 7) is 3.96. The van der Waals surface area contributed by atoms with E-state index >= 15 is 0 Å². The van der Waals surface area contributed by atoms with Gasteiger partial charge in [0.1, 0.15) is 5.75 Å². The molecular formula is C10H12N4O. The molecule has 0 fully saturated rings. The standard InChI is InChI=1S/C10H12N4O/c1-7(2)15-9-6-4-3-5-8(9)10-11-13-14-12-10/h3-7H,1-2H3,(H,11,12,13,14). The first kappa shape index (κ1) is 9.64. The number of hydrogen-bond acceptors (Lipinski definition) is 4. The Morgan fingerprint density at radius 3 is 2.73 bits per heavy atom. The molecule has 0 saturated carbocycles. The Kier molecular flexibility index (Phi) is 2.62. The number of rotatable bonds is 3. The molecule has 0 bridgehead atoms. The lowest BCUT2D eigenvalue weighted by molar-refractivity contribution is 0.243. The number of ether oxygens (including phenoxy) is 1. The molecule has 1 heterocycles. The number of aromatic amines is 1. The van der Waals surface area contributed by atoms with Gasteiger partial charge in [0, 0.05) is 0 Å². The van der Waals surface area contributed by atoms with Crippen molar-refractivity contribution in [2.45, 2.75) is 20.0 Å². The van der Waals surface area contributed by atoms with Crippen LogP contribution in [0.15, 0.2) is 24.3 Å². The molecule has 0 atom stereocenters. The van der Waals surface area contributed by atoms with Crippen LogP contribution in [0.4, 0.5) is 0 Å². The van der Waals surface area contributed by atoms with Crippen LogP contribution in [0.25, 0.3) is 11.4 Å². The average Bonchev–Trinajstić information content (AvgIpc) is 2.70. The Morgan fingerprint density at radius 2 is 2.07 bits per heavy atom. The Morgan fingerprint density at radius 1 is 1.27 bits per heavy atom. The van der Waals surface area contributed by atoms with Crippen molar-refractivity contribution in [1.29, 1.82) is 0 Å². The van der Waals surface area contributed by atoms with Gasteiger partial charge in [-0.1, -0.05) is 12.1 Å². The van der Waals surface area contributed by atoms with Gasteiger partial charge in [-0.15, -0.1) is 10.2 Å². The van der Waals surface area contributed by atoms with E-state index in [0.717, 1.165) is 11.3 Å². The van der Waals surface area contributed by atoms with Crippen molar-refractivity contribution in [3.05, 3.63) is 24.3 Å². The zero-order chi connectivity index (χ0) is 10.7. The molecule has 5 heteroatoms. The summed E-state index contributed by atoms with van der Waals surface area (Å²) >= 11 is 0. The first-order valence-corrected chi connectivity index (χ1v) is 4.77. The molecule has 0 radical (unpaired) electrons. The molecule has 2 aromatic rings. The van der Waals surface area contributed by atoms with Gasteiger partial charge in [-0.3, -0.25) is 0 Å². The maximum Gasteiger partial charge on any atom is 0.208 e. The van der Waals surface area contributed by atoms with Crippen molar-refractivity contribution in [3.63, 3.8) is 0 Å². The van der Waals surface area contributed by atoms with Gasteiger partial charge >= 0.3 is 0 Å². The summed E-state index contributed by atoms with van der Waals surface area (Å²) in [4.78, 5) is 0. The first-order valence-electron chi connectivity index (χ1n) is 4.77. The molecule has 0 spiro atoms. The molecule has 0 amide bonds. The molecule has 15 heavy (non-hydrogen) atoms. The summed E-state index contributed by atoms with van der Waals surface area (Å²) in [6.07, 6.45) is 0.123. The number of aromatic nitrogens is 4. The fourth-order valence-electron chi connectivity index (χ4n) is 1.28. The number of nitrogens with zero attached hydrogens (tertiary/aromatic N) is 3. The maximum atomic E-state index is 5.65. The van der Waals surface area contributed by atoms with Crippen LogP contribution in [-0.2, 0) is 0 Å². The highest BCUT2D eigenvalue weighted by molar-refractivity contribution is 5.63. The average molecular weight is 204 g/mol. The van der Waals surface area contributed by atoms with Crippen LogP contribution in [0.1, 0.15) is 13.8 Å². The van der Waals surface area contributed by atoms with Crippen LogP contribution in [0.2, 0.25) is 0 Å². The van der Waals surface area contributed by atoms with Gasteiger partial charge in [0.25, 0.3) is 0 Å². The SMILES string of the molecule is CC(C)Oc1ccccc1-c1nn[nH]n1. The van der Waals surface area contributed by atoms with Crippen molar-refractivity contribution < 1.29 is 4.74 Å².